The highest BCUT2D eigenvalue weighted by Crippen LogP contribution is 2.39. The minimum atomic E-state index is -0.242. The predicted molar refractivity (Wildman–Crippen MR) is 106 cm³/mol. The minimum absolute atomic E-state index is 0.0210. The third-order valence-electron chi connectivity index (χ3n) is 5.17. The van der Waals surface area contributed by atoms with Crippen molar-refractivity contribution in [2.24, 2.45) is 0 Å². The van der Waals surface area contributed by atoms with Gasteiger partial charge in [0.2, 0.25) is 5.91 Å². The molecule has 0 bridgehead atoms. The first-order valence-electron chi connectivity index (χ1n) is 9.70. The Morgan fingerprint density at radius 3 is 2.56 bits per heavy atom. The molecule has 3 N–H and O–H groups in total. The Kier molecular flexibility index (Phi) is 6.34. The monoisotopic (exact) mass is 374 g/mol. The first kappa shape index (κ1) is 19.6. The number of carbonyl (C=O) groups is 2. The first-order chi connectivity index (χ1) is 12.9. The average molecular weight is 374 g/mol. The van der Waals surface area contributed by atoms with Crippen LogP contribution in [0.5, 0.6) is 0 Å². The van der Waals surface area contributed by atoms with Gasteiger partial charge in [-0.25, -0.2) is 4.79 Å². The molecule has 1 saturated heterocycles. The molecule has 2 fully saturated rings. The van der Waals surface area contributed by atoms with Crippen LogP contribution in [0.4, 0.5) is 16.2 Å². The lowest BCUT2D eigenvalue weighted by Crippen LogP contribution is -2.39. The Hall–Kier alpha value is -2.12. The summed E-state index contributed by atoms with van der Waals surface area (Å²) in [5, 5.41) is 8.69. The van der Waals surface area contributed by atoms with Gasteiger partial charge in [-0.2, -0.15) is 0 Å². The molecule has 1 saturated carbocycles. The van der Waals surface area contributed by atoms with E-state index >= 15 is 0 Å². The lowest BCUT2D eigenvalue weighted by Gasteiger charge is -2.32. The Morgan fingerprint density at radius 1 is 1.15 bits per heavy atom. The number of benzene rings is 1. The number of urea groups is 1. The molecule has 1 spiro atoms. The van der Waals surface area contributed by atoms with Gasteiger partial charge in [0.15, 0.2) is 0 Å². The van der Waals surface area contributed by atoms with E-state index in [9.17, 15) is 9.59 Å². The second-order valence-corrected chi connectivity index (χ2v) is 7.92. The van der Waals surface area contributed by atoms with E-state index in [1.807, 2.05) is 14.1 Å². The normalized spacial score (nSPS) is 21.2. The maximum atomic E-state index is 12.3. The van der Waals surface area contributed by atoms with Crippen molar-refractivity contribution in [1.29, 1.82) is 0 Å². The van der Waals surface area contributed by atoms with Crippen LogP contribution in [0.2, 0.25) is 0 Å². The van der Waals surface area contributed by atoms with Gasteiger partial charge in [0.05, 0.1) is 24.8 Å². The molecule has 0 radical (unpaired) electrons. The van der Waals surface area contributed by atoms with Crippen molar-refractivity contribution in [3.63, 3.8) is 0 Å². The van der Waals surface area contributed by atoms with Crippen molar-refractivity contribution in [2.45, 2.75) is 50.2 Å². The van der Waals surface area contributed by atoms with Crippen LogP contribution in [-0.2, 0) is 9.53 Å². The molecule has 1 heterocycles. The zero-order valence-corrected chi connectivity index (χ0v) is 16.2. The molecule has 7 nitrogen and oxygen atoms in total. The van der Waals surface area contributed by atoms with Crippen LogP contribution in [0.1, 0.15) is 38.5 Å². The molecule has 0 aromatic heterocycles. The van der Waals surface area contributed by atoms with Crippen LogP contribution >= 0.6 is 0 Å². The van der Waals surface area contributed by atoms with E-state index in [-0.39, 0.29) is 23.6 Å². The SMILES string of the molecule is CN(C)CC(=O)Nc1cccc(NC(=O)NC2COC3(CCCCC3)C2)c1. The van der Waals surface area contributed by atoms with Crippen molar-refractivity contribution >= 4 is 23.3 Å². The van der Waals surface area contributed by atoms with E-state index in [4.69, 9.17) is 4.74 Å². The van der Waals surface area contributed by atoms with Crippen LogP contribution in [-0.4, -0.2) is 55.7 Å². The summed E-state index contributed by atoms with van der Waals surface area (Å²) in [6, 6.07) is 6.96. The van der Waals surface area contributed by atoms with E-state index in [1.165, 1.54) is 19.3 Å². The quantitative estimate of drug-likeness (QED) is 0.740. The van der Waals surface area contributed by atoms with Gasteiger partial charge in [-0.1, -0.05) is 25.3 Å². The second-order valence-electron chi connectivity index (χ2n) is 7.92. The van der Waals surface area contributed by atoms with Gasteiger partial charge < -0.3 is 25.6 Å². The van der Waals surface area contributed by atoms with Gasteiger partial charge >= 0.3 is 6.03 Å². The highest BCUT2D eigenvalue weighted by Gasteiger charge is 2.41. The standard InChI is InChI=1S/C20H30N4O3/c1-24(2)13-18(25)21-15-7-6-8-16(11-15)22-19(26)23-17-12-20(27-14-17)9-4-3-5-10-20/h6-8,11,17H,3-5,9-10,12-14H2,1-2H3,(H,21,25)(H2,22,23,26). The topological polar surface area (TPSA) is 82.7 Å². The Bertz CT molecular complexity index is 671. The molecule has 3 rings (SSSR count). The molecule has 1 aromatic carbocycles. The molecule has 1 aliphatic carbocycles. The first-order valence-corrected chi connectivity index (χ1v) is 9.70. The number of amides is 3. The summed E-state index contributed by atoms with van der Waals surface area (Å²) in [4.78, 5) is 26.0. The third-order valence-corrected chi connectivity index (χ3v) is 5.17. The molecule has 3 amide bonds. The Morgan fingerprint density at radius 2 is 1.85 bits per heavy atom. The molecule has 148 valence electrons. The third kappa shape index (κ3) is 5.68. The molecule has 1 aliphatic heterocycles. The van der Waals surface area contributed by atoms with Crippen molar-refractivity contribution in [3.8, 4) is 0 Å². The number of ether oxygens (including phenoxy) is 1. The number of nitrogens with zero attached hydrogens (tertiary/aromatic N) is 1. The van der Waals surface area contributed by atoms with Gasteiger partial charge in [0.25, 0.3) is 0 Å². The minimum Gasteiger partial charge on any atom is -0.373 e. The lowest BCUT2D eigenvalue weighted by molar-refractivity contribution is -0.116. The molecule has 27 heavy (non-hydrogen) atoms. The van der Waals surface area contributed by atoms with E-state index in [0.29, 0.717) is 24.5 Å². The van der Waals surface area contributed by atoms with E-state index < -0.39 is 0 Å². The van der Waals surface area contributed by atoms with Gasteiger partial charge in [-0.15, -0.1) is 0 Å². The number of rotatable bonds is 5. The number of hydrogen-bond donors (Lipinski definition) is 3. The summed E-state index contributed by atoms with van der Waals surface area (Å²) in [6.45, 7) is 0.885. The lowest BCUT2D eigenvalue weighted by atomic mass is 9.82. The van der Waals surface area contributed by atoms with Gasteiger partial charge in [0.1, 0.15) is 0 Å². The fourth-order valence-electron chi connectivity index (χ4n) is 4.00. The van der Waals surface area contributed by atoms with E-state index in [0.717, 1.165) is 19.3 Å². The summed E-state index contributed by atoms with van der Waals surface area (Å²) >= 11 is 0. The number of nitrogens with one attached hydrogen (secondary N) is 3. The summed E-state index contributed by atoms with van der Waals surface area (Å²) in [5.74, 6) is -0.0949. The number of anilines is 2. The summed E-state index contributed by atoms with van der Waals surface area (Å²) in [7, 11) is 3.68. The number of hydrogen-bond acceptors (Lipinski definition) is 4. The summed E-state index contributed by atoms with van der Waals surface area (Å²) < 4.78 is 6.05. The van der Waals surface area contributed by atoms with Crippen molar-refractivity contribution in [1.82, 2.24) is 10.2 Å². The van der Waals surface area contributed by atoms with E-state index in [1.54, 1.807) is 29.2 Å². The predicted octanol–water partition coefficient (Wildman–Crippen LogP) is 2.80. The van der Waals surface area contributed by atoms with Gasteiger partial charge in [-0.3, -0.25) is 4.79 Å². The maximum Gasteiger partial charge on any atom is 0.319 e. The largest absolute Gasteiger partial charge is 0.373 e. The van der Waals surface area contributed by atoms with Crippen LogP contribution in [0.3, 0.4) is 0 Å². The number of carbonyl (C=O) groups excluding carboxylic acids is 2. The van der Waals surface area contributed by atoms with Crippen molar-refractivity contribution in [2.75, 3.05) is 37.9 Å². The number of likely N-dealkylation sites (N-methyl/N-ethyl adjacent to an activating group) is 1. The summed E-state index contributed by atoms with van der Waals surface area (Å²) in [5.41, 5.74) is 1.28. The fraction of sp³-hybridized carbons (Fsp3) is 0.600. The van der Waals surface area contributed by atoms with Crippen molar-refractivity contribution < 1.29 is 14.3 Å². The molecule has 1 atom stereocenters. The molecule has 2 aliphatic rings. The average Bonchev–Trinajstić information content (AvgIpc) is 2.96. The van der Waals surface area contributed by atoms with Gasteiger partial charge in [-0.05, 0) is 51.6 Å². The molecule has 7 heteroatoms. The van der Waals surface area contributed by atoms with E-state index in [2.05, 4.69) is 16.0 Å². The zero-order valence-electron chi connectivity index (χ0n) is 16.2. The highest BCUT2D eigenvalue weighted by molar-refractivity contribution is 5.94. The Labute approximate surface area is 160 Å². The smallest absolute Gasteiger partial charge is 0.319 e. The van der Waals surface area contributed by atoms with Crippen LogP contribution in [0, 0.1) is 0 Å². The van der Waals surface area contributed by atoms with Crippen LogP contribution < -0.4 is 16.0 Å². The highest BCUT2D eigenvalue weighted by atomic mass is 16.5. The Balaban J connectivity index is 1.49. The molecular weight excluding hydrogens is 344 g/mol. The molecule has 1 aromatic rings. The zero-order chi connectivity index (χ0) is 19.3. The fourth-order valence-corrected chi connectivity index (χ4v) is 4.00. The molecular formula is C20H30N4O3. The summed E-state index contributed by atoms with van der Waals surface area (Å²) in [6.07, 6.45) is 6.80. The van der Waals surface area contributed by atoms with Crippen molar-refractivity contribution in [3.05, 3.63) is 24.3 Å². The van der Waals surface area contributed by atoms with Crippen LogP contribution in [0.15, 0.2) is 24.3 Å². The maximum absolute atomic E-state index is 12.3. The van der Waals surface area contributed by atoms with Gasteiger partial charge in [0, 0.05) is 11.4 Å². The molecule has 1 unspecified atom stereocenters. The second kappa shape index (κ2) is 8.71. The van der Waals surface area contributed by atoms with Crippen LogP contribution in [0.25, 0.3) is 0 Å².